The molecule has 0 bridgehead atoms. The van der Waals surface area contributed by atoms with Crippen molar-refractivity contribution in [1.29, 1.82) is 0 Å². The van der Waals surface area contributed by atoms with Gasteiger partial charge in [0.05, 0.1) is 12.2 Å². The van der Waals surface area contributed by atoms with E-state index in [4.69, 9.17) is 0 Å². The Morgan fingerprint density at radius 1 is 1.21 bits per heavy atom. The van der Waals surface area contributed by atoms with Crippen molar-refractivity contribution in [2.75, 3.05) is 43.9 Å². The third kappa shape index (κ3) is 3.86. The Morgan fingerprint density at radius 3 is 2.71 bits per heavy atom. The molecule has 3 rings (SSSR count). The number of hydrogen-bond donors (Lipinski definition) is 1. The predicted octanol–water partition coefficient (Wildman–Crippen LogP) is 1.97. The molecule has 1 aromatic carbocycles. The predicted molar refractivity (Wildman–Crippen MR) is 97.4 cm³/mol. The van der Waals surface area contributed by atoms with Crippen molar-refractivity contribution in [2.24, 2.45) is 5.92 Å². The highest BCUT2D eigenvalue weighted by Gasteiger charge is 2.28. The molecule has 0 saturated carbocycles. The van der Waals surface area contributed by atoms with Gasteiger partial charge < -0.3 is 15.1 Å². The molecule has 1 saturated heterocycles. The maximum atomic E-state index is 12.7. The van der Waals surface area contributed by atoms with Gasteiger partial charge >= 0.3 is 0 Å². The van der Waals surface area contributed by atoms with Crippen molar-refractivity contribution < 1.29 is 9.59 Å². The first kappa shape index (κ1) is 17.1. The van der Waals surface area contributed by atoms with Gasteiger partial charge in [0.1, 0.15) is 0 Å². The highest BCUT2D eigenvalue weighted by molar-refractivity contribution is 7.99. The summed E-state index contributed by atoms with van der Waals surface area (Å²) < 4.78 is 0. The van der Waals surface area contributed by atoms with E-state index in [0.717, 1.165) is 31.6 Å². The number of rotatable bonds is 3. The number of benzene rings is 1. The number of para-hydroxylation sites is 1. The standard InChI is InChI=1S/C18H25N3O2S/c1-19-18(23)14-7-10-20(11-8-14)17(22)13-21-9-4-12-24-16-6-3-2-5-15(16)21/h2-3,5-6,14H,4,7-13H2,1H3,(H,19,23). The minimum atomic E-state index is 0.0503. The van der Waals surface area contributed by atoms with Gasteiger partial charge in [-0.2, -0.15) is 0 Å². The Hall–Kier alpha value is -1.69. The highest BCUT2D eigenvalue weighted by atomic mass is 32.2. The van der Waals surface area contributed by atoms with Crippen LogP contribution in [0.2, 0.25) is 0 Å². The molecule has 0 aliphatic carbocycles. The van der Waals surface area contributed by atoms with Crippen LogP contribution < -0.4 is 10.2 Å². The molecule has 1 fully saturated rings. The van der Waals surface area contributed by atoms with Gasteiger partial charge in [0.15, 0.2) is 0 Å². The van der Waals surface area contributed by atoms with Gasteiger partial charge in [0.25, 0.3) is 0 Å². The third-order valence-electron chi connectivity index (χ3n) is 4.83. The molecule has 2 heterocycles. The molecule has 2 aliphatic heterocycles. The Morgan fingerprint density at radius 2 is 1.96 bits per heavy atom. The van der Waals surface area contributed by atoms with Gasteiger partial charge in [0, 0.05) is 37.5 Å². The fourth-order valence-electron chi connectivity index (χ4n) is 3.42. The average Bonchev–Trinajstić information content (AvgIpc) is 2.83. The minimum absolute atomic E-state index is 0.0503. The fraction of sp³-hybridized carbons (Fsp3) is 0.556. The van der Waals surface area contributed by atoms with Gasteiger partial charge in [0.2, 0.25) is 11.8 Å². The Labute approximate surface area is 147 Å². The number of carbonyl (C=O) groups is 2. The monoisotopic (exact) mass is 347 g/mol. The third-order valence-corrected chi connectivity index (χ3v) is 5.98. The lowest BCUT2D eigenvalue weighted by atomic mass is 9.96. The van der Waals surface area contributed by atoms with Crippen LogP contribution in [0.5, 0.6) is 0 Å². The zero-order valence-corrected chi connectivity index (χ0v) is 15.0. The maximum Gasteiger partial charge on any atom is 0.242 e. The largest absolute Gasteiger partial charge is 0.361 e. The molecule has 2 amide bonds. The number of hydrogen-bond acceptors (Lipinski definition) is 4. The summed E-state index contributed by atoms with van der Waals surface area (Å²) in [6.45, 7) is 2.72. The fourth-order valence-corrected chi connectivity index (χ4v) is 4.43. The molecule has 5 nitrogen and oxygen atoms in total. The molecule has 6 heteroatoms. The second kappa shape index (κ2) is 7.92. The van der Waals surface area contributed by atoms with E-state index in [2.05, 4.69) is 28.4 Å². The van der Waals surface area contributed by atoms with E-state index in [1.54, 1.807) is 7.05 Å². The highest BCUT2D eigenvalue weighted by Crippen LogP contribution is 2.33. The minimum Gasteiger partial charge on any atom is -0.361 e. The van der Waals surface area contributed by atoms with E-state index >= 15 is 0 Å². The topological polar surface area (TPSA) is 52.7 Å². The van der Waals surface area contributed by atoms with Crippen molar-refractivity contribution in [3.05, 3.63) is 24.3 Å². The van der Waals surface area contributed by atoms with Crippen molar-refractivity contribution in [3.8, 4) is 0 Å². The van der Waals surface area contributed by atoms with Crippen molar-refractivity contribution in [2.45, 2.75) is 24.2 Å². The molecule has 0 radical (unpaired) electrons. The lowest BCUT2D eigenvalue weighted by Gasteiger charge is -2.33. The van der Waals surface area contributed by atoms with E-state index in [0.29, 0.717) is 19.6 Å². The van der Waals surface area contributed by atoms with Gasteiger partial charge in [-0.15, -0.1) is 11.8 Å². The first-order valence-electron chi connectivity index (χ1n) is 8.65. The van der Waals surface area contributed by atoms with Crippen molar-refractivity contribution in [1.82, 2.24) is 10.2 Å². The van der Waals surface area contributed by atoms with Crippen LogP contribution in [-0.4, -0.2) is 55.7 Å². The lowest BCUT2D eigenvalue weighted by molar-refractivity contribution is -0.134. The second-order valence-corrected chi connectivity index (χ2v) is 7.50. The summed E-state index contributed by atoms with van der Waals surface area (Å²) >= 11 is 1.87. The molecular weight excluding hydrogens is 322 g/mol. The van der Waals surface area contributed by atoms with Crippen LogP contribution in [0.3, 0.4) is 0 Å². The Bertz CT molecular complexity index is 600. The lowest BCUT2D eigenvalue weighted by Crippen LogP contribution is -2.46. The molecule has 0 atom stereocenters. The number of thioether (sulfide) groups is 1. The Balaban J connectivity index is 1.60. The number of nitrogens with zero attached hydrogens (tertiary/aromatic N) is 2. The maximum absolute atomic E-state index is 12.7. The summed E-state index contributed by atoms with van der Waals surface area (Å²) in [6, 6.07) is 8.34. The first-order chi connectivity index (χ1) is 11.7. The average molecular weight is 347 g/mol. The van der Waals surface area contributed by atoms with Crippen LogP contribution in [0.1, 0.15) is 19.3 Å². The van der Waals surface area contributed by atoms with Crippen LogP contribution in [0, 0.1) is 5.92 Å². The SMILES string of the molecule is CNC(=O)C1CCN(C(=O)CN2CCCSc3ccccc32)CC1. The number of likely N-dealkylation sites (tertiary alicyclic amines) is 1. The number of amides is 2. The van der Waals surface area contributed by atoms with E-state index in [-0.39, 0.29) is 17.7 Å². The van der Waals surface area contributed by atoms with E-state index in [1.807, 2.05) is 22.7 Å². The van der Waals surface area contributed by atoms with E-state index in [1.165, 1.54) is 10.6 Å². The van der Waals surface area contributed by atoms with Crippen LogP contribution in [-0.2, 0) is 9.59 Å². The van der Waals surface area contributed by atoms with E-state index in [9.17, 15) is 9.59 Å². The van der Waals surface area contributed by atoms with Crippen molar-refractivity contribution in [3.63, 3.8) is 0 Å². The summed E-state index contributed by atoms with van der Waals surface area (Å²) in [5, 5.41) is 2.71. The summed E-state index contributed by atoms with van der Waals surface area (Å²) in [7, 11) is 1.68. The molecule has 0 aromatic heterocycles. The molecule has 130 valence electrons. The number of piperidine rings is 1. The quantitative estimate of drug-likeness (QED) is 0.908. The molecule has 24 heavy (non-hydrogen) atoms. The summed E-state index contributed by atoms with van der Waals surface area (Å²) in [4.78, 5) is 29.8. The molecule has 0 spiro atoms. The smallest absolute Gasteiger partial charge is 0.242 e. The van der Waals surface area contributed by atoms with Crippen LogP contribution in [0.25, 0.3) is 0 Å². The van der Waals surface area contributed by atoms with Gasteiger partial charge in [-0.25, -0.2) is 0 Å². The molecular formula is C18H25N3O2S. The number of anilines is 1. The first-order valence-corrected chi connectivity index (χ1v) is 9.63. The zero-order valence-electron chi connectivity index (χ0n) is 14.2. The summed E-state index contributed by atoms with van der Waals surface area (Å²) in [5.41, 5.74) is 1.17. The number of fused-ring (bicyclic) bond motifs is 1. The Kier molecular flexibility index (Phi) is 5.66. The summed E-state index contributed by atoms with van der Waals surface area (Å²) in [6.07, 6.45) is 2.61. The van der Waals surface area contributed by atoms with Crippen LogP contribution in [0.15, 0.2) is 29.2 Å². The zero-order chi connectivity index (χ0) is 16.9. The van der Waals surface area contributed by atoms with Gasteiger partial charge in [-0.1, -0.05) is 12.1 Å². The van der Waals surface area contributed by atoms with Gasteiger partial charge in [-0.3, -0.25) is 9.59 Å². The number of carbonyl (C=O) groups excluding carboxylic acids is 2. The second-order valence-electron chi connectivity index (χ2n) is 6.36. The van der Waals surface area contributed by atoms with Crippen molar-refractivity contribution >= 4 is 29.3 Å². The van der Waals surface area contributed by atoms with Crippen LogP contribution in [0.4, 0.5) is 5.69 Å². The normalized spacial score (nSPS) is 18.7. The van der Waals surface area contributed by atoms with Crippen LogP contribution >= 0.6 is 11.8 Å². The summed E-state index contributed by atoms with van der Waals surface area (Å²) in [5.74, 6) is 1.42. The van der Waals surface area contributed by atoms with E-state index < -0.39 is 0 Å². The molecule has 1 N–H and O–H groups in total. The molecule has 1 aromatic rings. The molecule has 0 unspecified atom stereocenters. The van der Waals surface area contributed by atoms with Gasteiger partial charge in [-0.05, 0) is 37.1 Å². The molecule has 2 aliphatic rings. The number of nitrogens with one attached hydrogen (secondary N) is 1.